The molecule has 20 heavy (non-hydrogen) atoms. The zero-order chi connectivity index (χ0) is 14.2. The number of nitrogen functional groups attached to an aromatic ring is 1. The number of amides is 1. The molecule has 0 aromatic carbocycles. The maximum absolute atomic E-state index is 12.4. The Morgan fingerprint density at radius 2 is 2.25 bits per heavy atom. The summed E-state index contributed by atoms with van der Waals surface area (Å²) in [5.41, 5.74) is 5.62. The predicted octanol–water partition coefficient (Wildman–Crippen LogP) is 1.23. The zero-order valence-corrected chi connectivity index (χ0v) is 12.5. The number of hydrogen-bond donors (Lipinski definition) is 2. The van der Waals surface area contributed by atoms with Gasteiger partial charge in [-0.3, -0.25) is 4.79 Å². The molecular weight excluding hydrogens is 276 g/mol. The standard InChI is InChI=1S/C13H20N4O2S/c1-13(4-7-19-8-13)16-11(18)9-10(14)15-12(20-9)17-5-2-3-6-17/h2-8,14H2,1H3,(H,16,18). The molecule has 2 aliphatic rings. The van der Waals surface area contributed by atoms with E-state index in [1.165, 1.54) is 24.2 Å². The monoisotopic (exact) mass is 296 g/mol. The van der Waals surface area contributed by atoms with E-state index in [9.17, 15) is 4.79 Å². The van der Waals surface area contributed by atoms with Gasteiger partial charge in [-0.15, -0.1) is 0 Å². The third kappa shape index (κ3) is 2.60. The van der Waals surface area contributed by atoms with Gasteiger partial charge in [0.15, 0.2) is 5.13 Å². The molecule has 0 spiro atoms. The van der Waals surface area contributed by atoms with Crippen LogP contribution in [0.15, 0.2) is 0 Å². The third-order valence-electron chi connectivity index (χ3n) is 3.86. The van der Waals surface area contributed by atoms with Crippen molar-refractivity contribution in [3.05, 3.63) is 4.88 Å². The van der Waals surface area contributed by atoms with Crippen LogP contribution in [0.4, 0.5) is 10.9 Å². The Labute approximate surface area is 122 Å². The van der Waals surface area contributed by atoms with E-state index < -0.39 is 0 Å². The molecule has 1 amide bonds. The van der Waals surface area contributed by atoms with Crippen molar-refractivity contribution in [1.82, 2.24) is 10.3 Å². The average molecular weight is 296 g/mol. The molecule has 2 aliphatic heterocycles. The number of carbonyl (C=O) groups excluding carboxylic acids is 1. The molecule has 1 atom stereocenters. The van der Waals surface area contributed by atoms with E-state index in [4.69, 9.17) is 10.5 Å². The fraction of sp³-hybridized carbons (Fsp3) is 0.692. The minimum atomic E-state index is -0.290. The number of thiazole rings is 1. The smallest absolute Gasteiger partial charge is 0.265 e. The van der Waals surface area contributed by atoms with Crippen molar-refractivity contribution in [2.45, 2.75) is 31.7 Å². The summed E-state index contributed by atoms with van der Waals surface area (Å²) < 4.78 is 5.35. The highest BCUT2D eigenvalue weighted by Gasteiger charge is 2.33. The van der Waals surface area contributed by atoms with Crippen LogP contribution in [0.3, 0.4) is 0 Å². The van der Waals surface area contributed by atoms with Crippen molar-refractivity contribution in [3.63, 3.8) is 0 Å². The summed E-state index contributed by atoms with van der Waals surface area (Å²) in [4.78, 5) is 19.4. The third-order valence-corrected chi connectivity index (χ3v) is 4.99. The first kappa shape index (κ1) is 13.6. The van der Waals surface area contributed by atoms with E-state index in [-0.39, 0.29) is 11.4 Å². The molecule has 3 N–H and O–H groups in total. The largest absolute Gasteiger partial charge is 0.382 e. The maximum Gasteiger partial charge on any atom is 0.265 e. The van der Waals surface area contributed by atoms with Gasteiger partial charge in [0.1, 0.15) is 10.7 Å². The summed E-state index contributed by atoms with van der Waals surface area (Å²) >= 11 is 1.38. The molecule has 7 heteroatoms. The van der Waals surface area contributed by atoms with Gasteiger partial charge < -0.3 is 20.7 Å². The first-order chi connectivity index (χ1) is 9.57. The molecule has 2 fully saturated rings. The van der Waals surface area contributed by atoms with Crippen LogP contribution in [-0.2, 0) is 4.74 Å². The van der Waals surface area contributed by atoms with Crippen LogP contribution in [-0.4, -0.2) is 42.7 Å². The highest BCUT2D eigenvalue weighted by molar-refractivity contribution is 7.18. The van der Waals surface area contributed by atoms with Crippen LogP contribution in [0.5, 0.6) is 0 Å². The van der Waals surface area contributed by atoms with Crippen LogP contribution in [0.25, 0.3) is 0 Å². The van der Waals surface area contributed by atoms with E-state index in [0.717, 1.165) is 24.6 Å². The van der Waals surface area contributed by atoms with Crippen LogP contribution in [0.2, 0.25) is 0 Å². The second-order valence-corrected chi connectivity index (χ2v) is 6.70. The molecule has 0 saturated carbocycles. The van der Waals surface area contributed by atoms with E-state index in [1.54, 1.807) is 0 Å². The molecule has 0 aliphatic carbocycles. The van der Waals surface area contributed by atoms with E-state index in [0.29, 0.717) is 23.9 Å². The van der Waals surface area contributed by atoms with Crippen molar-refractivity contribution >= 4 is 28.2 Å². The number of aromatic nitrogens is 1. The molecule has 0 bridgehead atoms. The first-order valence-corrected chi connectivity index (χ1v) is 7.81. The summed E-state index contributed by atoms with van der Waals surface area (Å²) in [5, 5.41) is 3.88. The Morgan fingerprint density at radius 3 is 2.90 bits per heavy atom. The van der Waals surface area contributed by atoms with Gasteiger partial charge in [-0.1, -0.05) is 11.3 Å². The van der Waals surface area contributed by atoms with Crippen LogP contribution < -0.4 is 16.0 Å². The first-order valence-electron chi connectivity index (χ1n) is 6.99. The van der Waals surface area contributed by atoms with Gasteiger partial charge in [-0.05, 0) is 26.2 Å². The lowest BCUT2D eigenvalue weighted by atomic mass is 10.0. The molecule has 3 heterocycles. The number of nitrogens with one attached hydrogen (secondary N) is 1. The SMILES string of the molecule is CC1(NC(=O)c2sc(N3CCCC3)nc2N)CCOC1. The quantitative estimate of drug-likeness (QED) is 0.877. The number of nitrogens with zero attached hydrogens (tertiary/aromatic N) is 2. The lowest BCUT2D eigenvalue weighted by molar-refractivity contribution is 0.0894. The molecule has 6 nitrogen and oxygen atoms in total. The fourth-order valence-corrected chi connectivity index (χ4v) is 3.56. The van der Waals surface area contributed by atoms with Crippen molar-refractivity contribution in [2.24, 2.45) is 0 Å². The topological polar surface area (TPSA) is 80.5 Å². The van der Waals surface area contributed by atoms with Crippen LogP contribution >= 0.6 is 11.3 Å². The summed E-state index contributed by atoms with van der Waals surface area (Å²) in [6.45, 7) is 5.24. The normalized spacial score (nSPS) is 26.1. The lowest BCUT2D eigenvalue weighted by Gasteiger charge is -2.23. The summed E-state index contributed by atoms with van der Waals surface area (Å²) in [6.07, 6.45) is 3.18. The van der Waals surface area contributed by atoms with Gasteiger partial charge in [0, 0.05) is 19.7 Å². The van der Waals surface area contributed by atoms with Crippen molar-refractivity contribution in [2.75, 3.05) is 36.9 Å². The summed E-state index contributed by atoms with van der Waals surface area (Å²) in [6, 6.07) is 0. The zero-order valence-electron chi connectivity index (χ0n) is 11.6. The number of nitrogens with two attached hydrogens (primary N) is 1. The Morgan fingerprint density at radius 1 is 1.50 bits per heavy atom. The van der Waals surface area contributed by atoms with Gasteiger partial charge in [0.25, 0.3) is 5.91 Å². The molecule has 1 aromatic heterocycles. The van der Waals surface area contributed by atoms with E-state index in [1.807, 2.05) is 6.92 Å². The second kappa shape index (κ2) is 5.21. The Hall–Kier alpha value is -1.34. The molecule has 1 unspecified atom stereocenters. The van der Waals surface area contributed by atoms with E-state index >= 15 is 0 Å². The van der Waals surface area contributed by atoms with E-state index in [2.05, 4.69) is 15.2 Å². The van der Waals surface area contributed by atoms with Gasteiger partial charge in [0.2, 0.25) is 0 Å². The van der Waals surface area contributed by atoms with Gasteiger partial charge in [-0.2, -0.15) is 0 Å². The Kier molecular flexibility index (Phi) is 3.55. The minimum Gasteiger partial charge on any atom is -0.382 e. The Bertz CT molecular complexity index is 504. The highest BCUT2D eigenvalue weighted by atomic mass is 32.1. The fourth-order valence-electron chi connectivity index (χ4n) is 2.62. The van der Waals surface area contributed by atoms with Crippen LogP contribution in [0.1, 0.15) is 35.9 Å². The number of hydrogen-bond acceptors (Lipinski definition) is 6. The van der Waals surface area contributed by atoms with Gasteiger partial charge >= 0.3 is 0 Å². The average Bonchev–Trinajstić information content (AvgIpc) is 3.08. The molecule has 1 aromatic rings. The van der Waals surface area contributed by atoms with Crippen molar-refractivity contribution in [3.8, 4) is 0 Å². The number of anilines is 2. The Balaban J connectivity index is 1.74. The molecule has 3 rings (SSSR count). The number of rotatable bonds is 3. The molecule has 2 saturated heterocycles. The minimum absolute atomic E-state index is 0.140. The summed E-state index contributed by atoms with van der Waals surface area (Å²) in [7, 11) is 0. The number of ether oxygens (including phenoxy) is 1. The van der Waals surface area contributed by atoms with Gasteiger partial charge in [-0.25, -0.2) is 4.98 Å². The predicted molar refractivity (Wildman–Crippen MR) is 79.3 cm³/mol. The molecule has 110 valence electrons. The second-order valence-electron chi connectivity index (χ2n) is 5.72. The van der Waals surface area contributed by atoms with Gasteiger partial charge in [0.05, 0.1) is 12.1 Å². The van der Waals surface area contributed by atoms with Crippen molar-refractivity contribution in [1.29, 1.82) is 0 Å². The number of carbonyl (C=O) groups is 1. The summed E-state index contributed by atoms with van der Waals surface area (Å²) in [5.74, 6) is 0.190. The maximum atomic E-state index is 12.4. The van der Waals surface area contributed by atoms with Crippen molar-refractivity contribution < 1.29 is 9.53 Å². The molecule has 0 radical (unpaired) electrons. The lowest BCUT2D eigenvalue weighted by Crippen LogP contribution is -2.46. The van der Waals surface area contributed by atoms with Crippen LogP contribution in [0, 0.1) is 0 Å². The highest BCUT2D eigenvalue weighted by Crippen LogP contribution is 2.31. The molecular formula is C13H20N4O2S.